The van der Waals surface area contributed by atoms with Gasteiger partial charge in [-0.1, -0.05) is 241 Å². The lowest BCUT2D eigenvalue weighted by molar-refractivity contribution is -0.167. The molecule has 0 aliphatic carbocycles. The van der Waals surface area contributed by atoms with Gasteiger partial charge in [0.05, 0.1) is 0 Å². The molecule has 0 amide bonds. The van der Waals surface area contributed by atoms with Crippen molar-refractivity contribution in [2.24, 2.45) is 0 Å². The van der Waals surface area contributed by atoms with E-state index in [-0.39, 0.29) is 31.1 Å². The van der Waals surface area contributed by atoms with Gasteiger partial charge in [-0.2, -0.15) is 0 Å². The van der Waals surface area contributed by atoms with Crippen LogP contribution in [0.15, 0.2) is 85.1 Å². The largest absolute Gasteiger partial charge is 0.462 e. The molecular weight excluding hydrogens is 805 g/mol. The molecule has 6 nitrogen and oxygen atoms in total. The second-order valence-corrected chi connectivity index (χ2v) is 17.8. The third-order valence-electron chi connectivity index (χ3n) is 11.5. The molecule has 0 N–H and O–H groups in total. The van der Waals surface area contributed by atoms with Gasteiger partial charge in [-0.15, -0.1) is 0 Å². The third kappa shape index (κ3) is 51.4. The van der Waals surface area contributed by atoms with E-state index in [0.717, 1.165) is 116 Å². The van der Waals surface area contributed by atoms with Gasteiger partial charge < -0.3 is 14.2 Å². The Morgan fingerprint density at radius 2 is 0.677 bits per heavy atom. The van der Waals surface area contributed by atoms with Crippen LogP contribution in [-0.4, -0.2) is 37.2 Å². The summed E-state index contributed by atoms with van der Waals surface area (Å²) in [6.45, 7) is 6.37. The minimum absolute atomic E-state index is 0.0896. The van der Waals surface area contributed by atoms with E-state index in [4.69, 9.17) is 14.2 Å². The van der Waals surface area contributed by atoms with E-state index in [0.29, 0.717) is 19.3 Å². The fraction of sp³-hybridized carbons (Fsp3) is 0.712. The van der Waals surface area contributed by atoms with Gasteiger partial charge in [0.2, 0.25) is 0 Å². The fourth-order valence-electron chi connectivity index (χ4n) is 7.43. The summed E-state index contributed by atoms with van der Waals surface area (Å²) >= 11 is 0. The minimum atomic E-state index is -0.789. The van der Waals surface area contributed by atoms with Gasteiger partial charge in [-0.05, 0) is 77.0 Å². The maximum atomic E-state index is 12.8. The van der Waals surface area contributed by atoms with Gasteiger partial charge in [-0.3, -0.25) is 14.4 Å². The minimum Gasteiger partial charge on any atom is -0.462 e. The zero-order chi connectivity index (χ0) is 47.2. The van der Waals surface area contributed by atoms with Gasteiger partial charge in [0, 0.05) is 19.3 Å². The van der Waals surface area contributed by atoms with Crippen molar-refractivity contribution in [1.29, 1.82) is 0 Å². The van der Waals surface area contributed by atoms with Crippen molar-refractivity contribution in [3.05, 3.63) is 85.1 Å². The molecule has 1 atom stereocenters. The molecule has 372 valence electrons. The normalized spacial score (nSPS) is 12.7. The lowest BCUT2D eigenvalue weighted by Gasteiger charge is -2.18. The SMILES string of the molecule is CC\C=C/C=C\C=C/CCCCCCCC(=O)OCC(COC(=O)CCCCCCCC/C=C\C/C=C\C/C=C\C/C=C\CC)OC(=O)CCCCCCCCCCCCCCCCC. The summed E-state index contributed by atoms with van der Waals surface area (Å²) in [6.07, 6.45) is 68.5. The number of hydrogen-bond donors (Lipinski definition) is 0. The molecule has 0 saturated carbocycles. The second kappa shape index (κ2) is 53.2. The quantitative estimate of drug-likeness (QED) is 0.0199. The number of carbonyl (C=O) groups is 3. The maximum Gasteiger partial charge on any atom is 0.306 e. The Balaban J connectivity index is 4.41. The van der Waals surface area contributed by atoms with Gasteiger partial charge in [-0.25, -0.2) is 0 Å². The van der Waals surface area contributed by atoms with Crippen LogP contribution in [-0.2, 0) is 28.6 Å². The average Bonchev–Trinajstić information content (AvgIpc) is 3.30. The first kappa shape index (κ1) is 61.6. The first-order valence-corrected chi connectivity index (χ1v) is 27.1. The van der Waals surface area contributed by atoms with E-state index in [2.05, 4.69) is 106 Å². The van der Waals surface area contributed by atoms with Gasteiger partial charge in [0.1, 0.15) is 13.2 Å². The maximum absolute atomic E-state index is 12.8. The molecule has 0 radical (unpaired) electrons. The molecule has 0 aromatic rings. The Labute approximate surface area is 401 Å². The Kier molecular flexibility index (Phi) is 50.4. The molecule has 0 aliphatic rings. The monoisotopic (exact) mass is 905 g/mol. The molecule has 1 unspecified atom stereocenters. The summed E-state index contributed by atoms with van der Waals surface area (Å²) < 4.78 is 16.8. The second-order valence-electron chi connectivity index (χ2n) is 17.8. The average molecular weight is 905 g/mol. The smallest absolute Gasteiger partial charge is 0.306 e. The van der Waals surface area contributed by atoms with E-state index in [1.54, 1.807) is 0 Å². The molecule has 65 heavy (non-hydrogen) atoms. The number of hydrogen-bond acceptors (Lipinski definition) is 6. The van der Waals surface area contributed by atoms with Crippen molar-refractivity contribution in [1.82, 2.24) is 0 Å². The van der Waals surface area contributed by atoms with Crippen LogP contribution in [0.25, 0.3) is 0 Å². The van der Waals surface area contributed by atoms with Crippen LogP contribution in [0.2, 0.25) is 0 Å². The van der Waals surface area contributed by atoms with Gasteiger partial charge in [0.15, 0.2) is 6.10 Å². The zero-order valence-electron chi connectivity index (χ0n) is 42.5. The highest BCUT2D eigenvalue weighted by Crippen LogP contribution is 2.15. The molecule has 0 aliphatic heterocycles. The van der Waals surface area contributed by atoms with Crippen LogP contribution in [0, 0.1) is 0 Å². The van der Waals surface area contributed by atoms with E-state index in [1.165, 1.54) is 96.3 Å². The summed E-state index contributed by atoms with van der Waals surface area (Å²) in [5.41, 5.74) is 0. The van der Waals surface area contributed by atoms with Crippen molar-refractivity contribution in [2.75, 3.05) is 13.2 Å². The lowest BCUT2D eigenvalue weighted by atomic mass is 10.0. The topological polar surface area (TPSA) is 78.9 Å². The van der Waals surface area contributed by atoms with Crippen molar-refractivity contribution in [3.63, 3.8) is 0 Å². The van der Waals surface area contributed by atoms with Crippen LogP contribution in [0.1, 0.15) is 252 Å². The van der Waals surface area contributed by atoms with E-state index >= 15 is 0 Å². The van der Waals surface area contributed by atoms with Crippen LogP contribution < -0.4 is 0 Å². The lowest BCUT2D eigenvalue weighted by Crippen LogP contribution is -2.30. The van der Waals surface area contributed by atoms with Crippen LogP contribution in [0.5, 0.6) is 0 Å². The van der Waals surface area contributed by atoms with Crippen molar-refractivity contribution >= 4 is 17.9 Å². The number of esters is 3. The van der Waals surface area contributed by atoms with E-state index < -0.39 is 6.10 Å². The van der Waals surface area contributed by atoms with Crippen LogP contribution in [0.3, 0.4) is 0 Å². The molecule has 0 heterocycles. The van der Waals surface area contributed by atoms with Crippen molar-refractivity contribution in [3.8, 4) is 0 Å². The summed E-state index contributed by atoms with van der Waals surface area (Å²) in [4.78, 5) is 38.1. The number of unbranched alkanes of at least 4 members (excludes halogenated alkanes) is 25. The Morgan fingerprint density at radius 1 is 0.338 bits per heavy atom. The van der Waals surface area contributed by atoms with Crippen molar-refractivity contribution < 1.29 is 28.6 Å². The molecule has 0 fully saturated rings. The number of allylic oxidation sites excluding steroid dienone is 14. The number of carbonyl (C=O) groups excluding carboxylic acids is 3. The van der Waals surface area contributed by atoms with Gasteiger partial charge in [0.25, 0.3) is 0 Å². The number of rotatable bonds is 48. The highest BCUT2D eigenvalue weighted by molar-refractivity contribution is 5.71. The number of ether oxygens (including phenoxy) is 3. The molecule has 0 rings (SSSR count). The Hall–Kier alpha value is -3.41. The molecule has 0 bridgehead atoms. The molecule has 0 spiro atoms. The van der Waals surface area contributed by atoms with E-state index in [1.807, 2.05) is 0 Å². The molecule has 0 aromatic carbocycles. The van der Waals surface area contributed by atoms with Gasteiger partial charge >= 0.3 is 17.9 Å². The molecule has 0 aromatic heterocycles. The van der Waals surface area contributed by atoms with Crippen LogP contribution in [0.4, 0.5) is 0 Å². The highest BCUT2D eigenvalue weighted by Gasteiger charge is 2.19. The predicted octanol–water partition coefficient (Wildman–Crippen LogP) is 18.0. The summed E-state index contributed by atoms with van der Waals surface area (Å²) in [5.74, 6) is -0.918. The predicted molar refractivity (Wildman–Crippen MR) is 279 cm³/mol. The highest BCUT2D eigenvalue weighted by atomic mass is 16.6. The zero-order valence-corrected chi connectivity index (χ0v) is 42.5. The fourth-order valence-corrected chi connectivity index (χ4v) is 7.43. The van der Waals surface area contributed by atoms with Crippen molar-refractivity contribution in [2.45, 2.75) is 258 Å². The first-order valence-electron chi connectivity index (χ1n) is 27.1. The molecular formula is C59H100O6. The van der Waals surface area contributed by atoms with Crippen LogP contribution >= 0.6 is 0 Å². The van der Waals surface area contributed by atoms with E-state index in [9.17, 15) is 14.4 Å². The standard InChI is InChI=1S/C59H100O6/c1-4-7-10-13-16-19-22-25-27-28-29-30-32-34-37-40-43-46-49-52-58(61)64-55-56(54-63-57(60)51-48-45-42-39-36-33-24-21-18-15-12-9-6-3)65-59(62)53-50-47-44-41-38-35-31-26-23-20-17-14-11-8-5-2/h7,9-10,12,15-16,18-19,21,24-25,27,29-30,56H,4-6,8,11,13-14,17,20,22-23,26,28,31-55H2,1-3H3/b10-7-,12-9-,18-15-,19-16-,24-21-,27-25-,30-29-. The summed E-state index contributed by atoms with van der Waals surface area (Å²) in [6, 6.07) is 0. The summed E-state index contributed by atoms with van der Waals surface area (Å²) in [7, 11) is 0. The Morgan fingerprint density at radius 3 is 1.11 bits per heavy atom. The third-order valence-corrected chi connectivity index (χ3v) is 11.5. The summed E-state index contributed by atoms with van der Waals surface area (Å²) in [5, 5.41) is 0. The molecule has 6 heteroatoms. The molecule has 0 saturated heterocycles. The Bertz CT molecular complexity index is 1270. The first-order chi connectivity index (χ1) is 32.0.